The molecule has 0 aliphatic rings. The van der Waals surface area contributed by atoms with Gasteiger partial charge in [0.2, 0.25) is 0 Å². The van der Waals surface area contributed by atoms with E-state index in [0.29, 0.717) is 18.5 Å². The van der Waals surface area contributed by atoms with E-state index in [-0.39, 0.29) is 11.7 Å². The Morgan fingerprint density at radius 2 is 1.46 bits per heavy atom. The summed E-state index contributed by atoms with van der Waals surface area (Å²) in [5.41, 5.74) is 3.45. The molecule has 0 saturated heterocycles. The minimum Gasteiger partial charge on any atom is -0.352 e. The van der Waals surface area contributed by atoms with Crippen LogP contribution in [-0.2, 0) is 11.2 Å². The highest BCUT2D eigenvalue weighted by Crippen LogP contribution is 2.18. The van der Waals surface area contributed by atoms with Gasteiger partial charge in [0, 0.05) is 12.1 Å². The lowest BCUT2D eigenvalue weighted by molar-refractivity contribution is -0.115. The number of halogens is 1. The molecule has 0 aliphatic heterocycles. The van der Waals surface area contributed by atoms with E-state index in [1.54, 1.807) is 12.1 Å². The Hall–Kier alpha value is -3.20. The number of hydrogen-bond donors (Lipinski definition) is 1. The lowest BCUT2D eigenvalue weighted by Crippen LogP contribution is -2.26. The van der Waals surface area contributed by atoms with Gasteiger partial charge < -0.3 is 5.32 Å². The zero-order chi connectivity index (χ0) is 18.2. The largest absolute Gasteiger partial charge is 0.352 e. The molecule has 0 aliphatic carbocycles. The third-order valence-electron chi connectivity index (χ3n) is 4.05. The molecule has 130 valence electrons. The van der Waals surface area contributed by atoms with Crippen molar-refractivity contribution in [2.75, 3.05) is 6.54 Å². The lowest BCUT2D eigenvalue weighted by atomic mass is 10.0. The number of benzene rings is 3. The zero-order valence-corrected chi connectivity index (χ0v) is 14.4. The van der Waals surface area contributed by atoms with Crippen LogP contribution in [0.15, 0.2) is 84.9 Å². The zero-order valence-electron chi connectivity index (χ0n) is 14.4. The van der Waals surface area contributed by atoms with Crippen LogP contribution in [0.4, 0.5) is 4.39 Å². The van der Waals surface area contributed by atoms with Crippen molar-refractivity contribution in [1.82, 2.24) is 5.32 Å². The fourth-order valence-electron chi connectivity index (χ4n) is 2.68. The van der Waals surface area contributed by atoms with Gasteiger partial charge in [0.15, 0.2) is 0 Å². The van der Waals surface area contributed by atoms with Gasteiger partial charge in [-0.1, -0.05) is 72.8 Å². The van der Waals surface area contributed by atoms with E-state index >= 15 is 0 Å². The minimum absolute atomic E-state index is 0.123. The predicted octanol–water partition coefficient (Wildman–Crippen LogP) is 4.73. The molecule has 3 aromatic carbocycles. The van der Waals surface area contributed by atoms with Crippen molar-refractivity contribution in [2.45, 2.75) is 6.42 Å². The molecule has 0 spiro atoms. The molecule has 0 atom stereocenters. The molecular formula is C23H20FNO. The van der Waals surface area contributed by atoms with Crippen molar-refractivity contribution in [1.29, 1.82) is 0 Å². The third-order valence-corrected chi connectivity index (χ3v) is 4.05. The normalized spacial score (nSPS) is 11.2. The van der Waals surface area contributed by atoms with Crippen LogP contribution >= 0.6 is 0 Å². The Morgan fingerprint density at radius 1 is 0.846 bits per heavy atom. The van der Waals surface area contributed by atoms with Crippen molar-refractivity contribution in [3.8, 4) is 0 Å². The van der Waals surface area contributed by atoms with Crippen LogP contribution in [0.2, 0.25) is 0 Å². The van der Waals surface area contributed by atoms with Crippen LogP contribution < -0.4 is 5.32 Å². The Morgan fingerprint density at radius 3 is 2.12 bits per heavy atom. The minimum atomic E-state index is -0.255. The second-order valence-electron chi connectivity index (χ2n) is 5.97. The van der Waals surface area contributed by atoms with Crippen molar-refractivity contribution in [2.24, 2.45) is 0 Å². The molecule has 1 amide bonds. The topological polar surface area (TPSA) is 29.1 Å². The lowest BCUT2D eigenvalue weighted by Gasteiger charge is -2.10. The van der Waals surface area contributed by atoms with Crippen LogP contribution in [0.25, 0.3) is 11.6 Å². The first-order valence-corrected chi connectivity index (χ1v) is 8.57. The van der Waals surface area contributed by atoms with Gasteiger partial charge >= 0.3 is 0 Å². The van der Waals surface area contributed by atoms with Gasteiger partial charge in [0.05, 0.1) is 0 Å². The highest BCUT2D eigenvalue weighted by Gasteiger charge is 2.11. The number of nitrogens with one attached hydrogen (secondary N) is 1. The summed E-state index contributed by atoms with van der Waals surface area (Å²) in [6, 6.07) is 25.7. The van der Waals surface area contributed by atoms with E-state index in [2.05, 4.69) is 5.32 Å². The van der Waals surface area contributed by atoms with Crippen LogP contribution in [-0.4, -0.2) is 12.5 Å². The summed E-state index contributed by atoms with van der Waals surface area (Å²) < 4.78 is 13.0. The molecule has 0 bridgehead atoms. The van der Waals surface area contributed by atoms with E-state index in [9.17, 15) is 9.18 Å². The van der Waals surface area contributed by atoms with Gasteiger partial charge in [-0.25, -0.2) is 4.39 Å². The summed E-state index contributed by atoms with van der Waals surface area (Å²) in [5, 5.41) is 2.96. The summed E-state index contributed by atoms with van der Waals surface area (Å²) in [6.07, 6.45) is 2.54. The highest BCUT2D eigenvalue weighted by molar-refractivity contribution is 6.24. The van der Waals surface area contributed by atoms with E-state index in [0.717, 1.165) is 16.7 Å². The molecule has 0 unspecified atom stereocenters. The van der Waals surface area contributed by atoms with Crippen molar-refractivity contribution >= 4 is 17.6 Å². The van der Waals surface area contributed by atoms with Gasteiger partial charge in [0.25, 0.3) is 5.91 Å². The van der Waals surface area contributed by atoms with Crippen molar-refractivity contribution in [3.63, 3.8) is 0 Å². The number of rotatable bonds is 6. The number of amides is 1. The molecule has 0 fully saturated rings. The average Bonchev–Trinajstić information content (AvgIpc) is 2.69. The molecule has 3 aromatic rings. The smallest absolute Gasteiger partial charge is 0.251 e. The Balaban J connectivity index is 1.73. The number of hydrogen-bond acceptors (Lipinski definition) is 1. The second-order valence-corrected chi connectivity index (χ2v) is 5.97. The molecular weight excluding hydrogens is 325 g/mol. The van der Waals surface area contributed by atoms with Gasteiger partial charge in [-0.05, 0) is 41.3 Å². The fraction of sp³-hybridized carbons (Fsp3) is 0.0870. The standard InChI is InChI=1S/C23H20FNO/c24-21-13-11-18(12-14-21)15-16-25-23(26)22(20-9-5-2-6-10-20)17-19-7-3-1-4-8-19/h1-14,17H,15-16H2,(H,25,26)/b22-17+. The quantitative estimate of drug-likeness (QED) is 0.508. The molecule has 0 saturated carbocycles. The predicted molar refractivity (Wildman–Crippen MR) is 104 cm³/mol. The van der Waals surface area contributed by atoms with Gasteiger partial charge in [-0.3, -0.25) is 4.79 Å². The second kappa shape index (κ2) is 8.77. The summed E-state index contributed by atoms with van der Waals surface area (Å²) in [5.74, 6) is -0.378. The molecule has 3 rings (SSSR count). The van der Waals surface area contributed by atoms with Crippen LogP contribution in [0.1, 0.15) is 16.7 Å². The van der Waals surface area contributed by atoms with E-state index < -0.39 is 0 Å². The molecule has 26 heavy (non-hydrogen) atoms. The SMILES string of the molecule is O=C(NCCc1ccc(F)cc1)/C(=C/c1ccccc1)c1ccccc1. The first-order valence-electron chi connectivity index (χ1n) is 8.57. The van der Waals surface area contributed by atoms with Crippen LogP contribution in [0.3, 0.4) is 0 Å². The van der Waals surface area contributed by atoms with E-state index in [1.165, 1.54) is 12.1 Å². The fourth-order valence-corrected chi connectivity index (χ4v) is 2.68. The molecule has 0 aromatic heterocycles. The monoisotopic (exact) mass is 345 g/mol. The van der Waals surface area contributed by atoms with E-state index in [4.69, 9.17) is 0 Å². The molecule has 2 nitrogen and oxygen atoms in total. The third kappa shape index (κ3) is 4.90. The first-order chi connectivity index (χ1) is 12.7. The maximum atomic E-state index is 13.0. The van der Waals surface area contributed by atoms with E-state index in [1.807, 2.05) is 66.7 Å². The summed E-state index contributed by atoms with van der Waals surface area (Å²) >= 11 is 0. The Kier molecular flexibility index (Phi) is 5.94. The Bertz CT molecular complexity index is 871. The molecule has 0 heterocycles. The van der Waals surface area contributed by atoms with Crippen molar-refractivity contribution < 1.29 is 9.18 Å². The Labute approximate surface area is 153 Å². The number of carbonyl (C=O) groups is 1. The first kappa shape index (κ1) is 17.6. The van der Waals surface area contributed by atoms with Crippen molar-refractivity contribution in [3.05, 3.63) is 107 Å². The highest BCUT2D eigenvalue weighted by atomic mass is 19.1. The maximum absolute atomic E-state index is 13.0. The number of carbonyl (C=O) groups excluding carboxylic acids is 1. The summed E-state index contributed by atoms with van der Waals surface area (Å²) in [6.45, 7) is 0.490. The summed E-state index contributed by atoms with van der Waals surface area (Å²) in [7, 11) is 0. The van der Waals surface area contributed by atoms with Crippen LogP contribution in [0.5, 0.6) is 0 Å². The summed E-state index contributed by atoms with van der Waals surface area (Å²) in [4.78, 5) is 12.8. The van der Waals surface area contributed by atoms with Gasteiger partial charge in [0.1, 0.15) is 5.82 Å². The van der Waals surface area contributed by atoms with Gasteiger partial charge in [-0.2, -0.15) is 0 Å². The average molecular weight is 345 g/mol. The van der Waals surface area contributed by atoms with Gasteiger partial charge in [-0.15, -0.1) is 0 Å². The maximum Gasteiger partial charge on any atom is 0.251 e. The molecule has 1 N–H and O–H groups in total. The molecule has 0 radical (unpaired) electrons. The molecule has 3 heteroatoms. The van der Waals surface area contributed by atoms with Crippen LogP contribution in [0, 0.1) is 5.82 Å².